The zero-order valence-electron chi connectivity index (χ0n) is 32.8. The summed E-state index contributed by atoms with van der Waals surface area (Å²) in [5, 5.41) is 9.09. The van der Waals surface area contributed by atoms with E-state index < -0.39 is 0 Å². The molecule has 0 fully saturated rings. The molecular formula is C50H54N4. The van der Waals surface area contributed by atoms with Gasteiger partial charge in [0.15, 0.2) is 0 Å². The van der Waals surface area contributed by atoms with Crippen LogP contribution in [-0.4, -0.2) is 15.4 Å². The van der Waals surface area contributed by atoms with Gasteiger partial charge in [0.1, 0.15) is 11.7 Å². The molecule has 0 atom stereocenters. The van der Waals surface area contributed by atoms with Crippen molar-refractivity contribution in [2.75, 3.05) is 4.90 Å². The Morgan fingerprint density at radius 3 is 1.78 bits per heavy atom. The highest BCUT2D eigenvalue weighted by Crippen LogP contribution is 2.34. The normalized spacial score (nSPS) is 11.5. The van der Waals surface area contributed by atoms with E-state index in [1.165, 1.54) is 39.1 Å². The zero-order valence-corrected chi connectivity index (χ0v) is 32.8. The fourth-order valence-electron chi connectivity index (χ4n) is 7.39. The predicted octanol–water partition coefficient (Wildman–Crippen LogP) is 12.5. The van der Waals surface area contributed by atoms with Gasteiger partial charge >= 0.3 is 0 Å². The van der Waals surface area contributed by atoms with Crippen molar-refractivity contribution < 1.29 is 0 Å². The maximum absolute atomic E-state index is 9.09. The van der Waals surface area contributed by atoms with E-state index in [1.54, 1.807) is 6.08 Å². The Bertz CT molecular complexity index is 2190. The Morgan fingerprint density at radius 2 is 1.22 bits per heavy atom. The van der Waals surface area contributed by atoms with Crippen LogP contribution in [0.25, 0.3) is 17.1 Å². The number of para-hydroxylation sites is 2. The third-order valence-corrected chi connectivity index (χ3v) is 10.4. The molecule has 5 aromatic carbocycles. The number of hydrogen-bond acceptors (Lipinski definition) is 2. The number of allylic oxidation sites excluding steroid dienone is 2. The van der Waals surface area contributed by atoms with E-state index in [0.29, 0.717) is 17.7 Å². The topological polar surface area (TPSA) is 44.9 Å². The molecule has 0 radical (unpaired) electrons. The first-order valence-corrected chi connectivity index (χ1v) is 19.3. The summed E-state index contributed by atoms with van der Waals surface area (Å²) in [6.45, 7) is 17.1. The van der Waals surface area contributed by atoms with Gasteiger partial charge in [-0.15, -0.1) is 0 Å². The summed E-state index contributed by atoms with van der Waals surface area (Å²) in [4.78, 5) is 6.78. The number of amidine groups is 1. The van der Waals surface area contributed by atoms with Crippen molar-refractivity contribution in [1.29, 1.82) is 5.41 Å². The summed E-state index contributed by atoms with van der Waals surface area (Å²) in [6.07, 6.45) is 13.5. The van der Waals surface area contributed by atoms with Crippen molar-refractivity contribution in [3.63, 3.8) is 0 Å². The first kappa shape index (κ1) is 38.0. The highest BCUT2D eigenvalue weighted by molar-refractivity contribution is 6.09. The number of rotatable bonds is 14. The summed E-state index contributed by atoms with van der Waals surface area (Å²) in [5.41, 5.74) is 14.6. The molecule has 0 bridgehead atoms. The summed E-state index contributed by atoms with van der Waals surface area (Å²) in [6, 6.07) is 39.4. The predicted molar refractivity (Wildman–Crippen MR) is 229 cm³/mol. The number of nitrogens with one attached hydrogen (secondary N) is 1. The van der Waals surface area contributed by atoms with Crippen LogP contribution in [0.2, 0.25) is 0 Å². The molecule has 0 saturated heterocycles. The SMILES string of the molecule is C=CC=CN(C(=N)c1ccc(CCc2cccc(CCc3ccc(-c4nccn4-c4c(C(C)C)cccc4C(C)C)cc3)c2)cc1)c1c(C)cccc1C. The molecule has 6 rings (SSSR count). The molecule has 0 aliphatic carbocycles. The summed E-state index contributed by atoms with van der Waals surface area (Å²) in [5.74, 6) is 2.26. The number of aromatic nitrogens is 2. The number of nitrogens with zero attached hydrogens (tertiary/aromatic N) is 3. The van der Waals surface area contributed by atoms with Gasteiger partial charge in [-0.3, -0.25) is 9.98 Å². The number of aryl methyl sites for hydroxylation is 6. The maximum atomic E-state index is 9.09. The second-order valence-corrected chi connectivity index (χ2v) is 15.0. The second kappa shape index (κ2) is 17.4. The molecule has 4 nitrogen and oxygen atoms in total. The highest BCUT2D eigenvalue weighted by Gasteiger charge is 2.19. The average molecular weight is 711 g/mol. The molecular weight excluding hydrogens is 657 g/mol. The lowest BCUT2D eigenvalue weighted by Gasteiger charge is -2.25. The van der Waals surface area contributed by atoms with Gasteiger partial charge < -0.3 is 4.90 Å². The van der Waals surface area contributed by atoms with Crippen LogP contribution in [-0.2, 0) is 25.7 Å². The molecule has 0 saturated carbocycles. The number of benzene rings is 5. The van der Waals surface area contributed by atoms with E-state index in [-0.39, 0.29) is 0 Å². The van der Waals surface area contributed by atoms with Gasteiger partial charge in [-0.1, -0.05) is 150 Å². The molecule has 274 valence electrons. The second-order valence-electron chi connectivity index (χ2n) is 15.0. The van der Waals surface area contributed by atoms with Gasteiger partial charge in [0.25, 0.3) is 0 Å². The van der Waals surface area contributed by atoms with Crippen LogP contribution in [0.15, 0.2) is 147 Å². The van der Waals surface area contributed by atoms with Gasteiger partial charge in [-0.2, -0.15) is 0 Å². The maximum Gasteiger partial charge on any atom is 0.144 e. The molecule has 4 heteroatoms. The van der Waals surface area contributed by atoms with Crippen LogP contribution in [0, 0.1) is 19.3 Å². The zero-order chi connectivity index (χ0) is 38.2. The molecule has 54 heavy (non-hydrogen) atoms. The van der Waals surface area contributed by atoms with Crippen LogP contribution in [0.1, 0.15) is 89.6 Å². The van der Waals surface area contributed by atoms with Crippen LogP contribution in [0.3, 0.4) is 0 Å². The smallest absolute Gasteiger partial charge is 0.144 e. The Kier molecular flexibility index (Phi) is 12.2. The lowest BCUT2D eigenvalue weighted by Crippen LogP contribution is -2.26. The minimum Gasteiger partial charge on any atom is -0.301 e. The Morgan fingerprint density at radius 1 is 0.704 bits per heavy atom. The minimum absolute atomic E-state index is 0.416. The lowest BCUT2D eigenvalue weighted by atomic mass is 9.92. The quantitative estimate of drug-likeness (QED) is 0.0695. The molecule has 0 spiro atoms. The monoisotopic (exact) mass is 710 g/mol. The third-order valence-electron chi connectivity index (χ3n) is 10.4. The molecule has 0 aliphatic heterocycles. The minimum atomic E-state index is 0.416. The Hall–Kier alpha value is -5.74. The number of anilines is 1. The van der Waals surface area contributed by atoms with Crippen LogP contribution < -0.4 is 4.90 Å². The van der Waals surface area contributed by atoms with Crippen LogP contribution in [0.4, 0.5) is 5.69 Å². The molecule has 1 heterocycles. The summed E-state index contributed by atoms with van der Waals surface area (Å²) >= 11 is 0. The number of hydrogen-bond donors (Lipinski definition) is 1. The molecule has 0 aliphatic rings. The van der Waals surface area contributed by atoms with E-state index in [1.807, 2.05) is 23.4 Å². The van der Waals surface area contributed by atoms with Crippen molar-refractivity contribution in [2.45, 2.75) is 79.1 Å². The first-order chi connectivity index (χ1) is 26.1. The van der Waals surface area contributed by atoms with Crippen molar-refractivity contribution in [1.82, 2.24) is 9.55 Å². The average Bonchev–Trinajstić information content (AvgIpc) is 3.67. The summed E-state index contributed by atoms with van der Waals surface area (Å²) < 4.78 is 2.29. The van der Waals surface area contributed by atoms with Crippen LogP contribution >= 0.6 is 0 Å². The Balaban J connectivity index is 1.08. The van der Waals surface area contributed by atoms with Crippen molar-refractivity contribution in [3.05, 3.63) is 197 Å². The lowest BCUT2D eigenvalue weighted by molar-refractivity contribution is 0.806. The Labute approximate surface area is 323 Å². The van der Waals surface area contributed by atoms with E-state index in [9.17, 15) is 0 Å². The molecule has 1 aromatic heterocycles. The van der Waals surface area contributed by atoms with Gasteiger partial charge in [0, 0.05) is 29.7 Å². The fourth-order valence-corrected chi connectivity index (χ4v) is 7.39. The summed E-state index contributed by atoms with van der Waals surface area (Å²) in [7, 11) is 0. The molecule has 6 aromatic rings. The first-order valence-electron chi connectivity index (χ1n) is 19.3. The van der Waals surface area contributed by atoms with Gasteiger partial charge in [-0.25, -0.2) is 4.98 Å². The van der Waals surface area contributed by atoms with Gasteiger partial charge in [-0.05, 0) is 102 Å². The standard InChI is InChI=1S/C50H54N4/c1-8-9-32-53(47-37(6)13-10-14-38(47)7)49(51)43-27-23-39(24-28-43)19-21-41-15-11-16-42(34-41)22-20-40-25-29-44(30-26-40)50-52-31-33-54(50)48-45(35(2)3)17-12-18-46(48)36(4)5/h8-18,23-36,51H,1,19-22H2,2-7H3. The van der Waals surface area contributed by atoms with Gasteiger partial charge in [0.05, 0.1) is 11.4 Å². The third kappa shape index (κ3) is 8.72. The number of imidazole rings is 1. The van der Waals surface area contributed by atoms with Crippen molar-refractivity contribution in [3.8, 4) is 17.1 Å². The van der Waals surface area contributed by atoms with Crippen LogP contribution in [0.5, 0.6) is 0 Å². The van der Waals surface area contributed by atoms with Crippen molar-refractivity contribution in [2.24, 2.45) is 0 Å². The van der Waals surface area contributed by atoms with Crippen molar-refractivity contribution >= 4 is 11.5 Å². The molecule has 1 N–H and O–H groups in total. The van der Waals surface area contributed by atoms with E-state index in [4.69, 9.17) is 10.4 Å². The fraction of sp³-hybridized carbons (Fsp3) is 0.240. The largest absolute Gasteiger partial charge is 0.301 e. The van der Waals surface area contributed by atoms with E-state index >= 15 is 0 Å². The van der Waals surface area contributed by atoms with Gasteiger partial charge in [0.2, 0.25) is 0 Å². The molecule has 0 unspecified atom stereocenters. The van der Waals surface area contributed by atoms with E-state index in [2.05, 4.69) is 168 Å². The highest BCUT2D eigenvalue weighted by atomic mass is 15.2. The van der Waals surface area contributed by atoms with E-state index in [0.717, 1.165) is 59.4 Å². The molecule has 0 amide bonds.